The zero-order valence-corrected chi connectivity index (χ0v) is 12.5. The minimum atomic E-state index is -0.405. The highest BCUT2D eigenvalue weighted by molar-refractivity contribution is 9.10. The van der Waals surface area contributed by atoms with Crippen LogP contribution in [0.1, 0.15) is 5.56 Å². The summed E-state index contributed by atoms with van der Waals surface area (Å²) in [6, 6.07) is 9.92. The molecule has 0 atom stereocenters. The van der Waals surface area contributed by atoms with E-state index < -0.39 is 5.82 Å². The Bertz CT molecular complexity index is 575. The molecular formula is C13H10Br2FNO. The predicted octanol–water partition coefficient (Wildman–Crippen LogP) is 4.60. The Labute approximate surface area is 121 Å². The summed E-state index contributed by atoms with van der Waals surface area (Å²) in [5.74, 6) is 0.324. The molecular weight excluding hydrogens is 365 g/mol. The second kappa shape index (κ2) is 5.82. The average Bonchev–Trinajstić information content (AvgIpc) is 2.34. The van der Waals surface area contributed by atoms with Crippen LogP contribution in [0.5, 0.6) is 11.5 Å². The van der Waals surface area contributed by atoms with E-state index in [9.17, 15) is 4.39 Å². The summed E-state index contributed by atoms with van der Waals surface area (Å²) in [7, 11) is 0. The van der Waals surface area contributed by atoms with E-state index in [1.807, 2.05) is 6.07 Å². The van der Waals surface area contributed by atoms with Crippen molar-refractivity contribution in [1.29, 1.82) is 0 Å². The molecule has 0 fully saturated rings. The molecule has 0 aliphatic carbocycles. The zero-order valence-electron chi connectivity index (χ0n) is 9.29. The normalized spacial score (nSPS) is 10.4. The monoisotopic (exact) mass is 373 g/mol. The fourth-order valence-corrected chi connectivity index (χ4v) is 2.30. The number of ether oxygens (including phenoxy) is 1. The van der Waals surface area contributed by atoms with Crippen LogP contribution in [-0.2, 0) is 6.54 Å². The van der Waals surface area contributed by atoms with Crippen molar-refractivity contribution in [3.63, 3.8) is 0 Å². The number of halogens is 3. The lowest BCUT2D eigenvalue weighted by Gasteiger charge is -2.09. The molecule has 0 heterocycles. The lowest BCUT2D eigenvalue weighted by atomic mass is 10.2. The topological polar surface area (TPSA) is 35.2 Å². The smallest absolute Gasteiger partial charge is 0.165 e. The van der Waals surface area contributed by atoms with E-state index in [-0.39, 0.29) is 5.75 Å². The van der Waals surface area contributed by atoms with Crippen LogP contribution in [0.2, 0.25) is 0 Å². The SMILES string of the molecule is NCc1ccc(Oc2cc(Br)ccc2F)cc1Br. The third kappa shape index (κ3) is 3.10. The number of hydrogen-bond donors (Lipinski definition) is 1. The van der Waals surface area contributed by atoms with Gasteiger partial charge in [0.2, 0.25) is 0 Å². The van der Waals surface area contributed by atoms with Gasteiger partial charge in [-0.1, -0.05) is 37.9 Å². The van der Waals surface area contributed by atoms with Crippen LogP contribution < -0.4 is 10.5 Å². The Morgan fingerprint density at radius 3 is 2.56 bits per heavy atom. The second-order valence-corrected chi connectivity index (χ2v) is 5.40. The molecule has 0 amide bonds. The van der Waals surface area contributed by atoms with Gasteiger partial charge in [-0.15, -0.1) is 0 Å². The highest BCUT2D eigenvalue weighted by Gasteiger charge is 2.07. The van der Waals surface area contributed by atoms with Gasteiger partial charge < -0.3 is 10.5 Å². The van der Waals surface area contributed by atoms with Crippen molar-refractivity contribution in [1.82, 2.24) is 0 Å². The van der Waals surface area contributed by atoms with Gasteiger partial charge in [0.25, 0.3) is 0 Å². The van der Waals surface area contributed by atoms with Crippen LogP contribution in [0.3, 0.4) is 0 Å². The van der Waals surface area contributed by atoms with Crippen molar-refractivity contribution < 1.29 is 9.13 Å². The van der Waals surface area contributed by atoms with Crippen molar-refractivity contribution in [3.05, 3.63) is 56.7 Å². The van der Waals surface area contributed by atoms with E-state index in [4.69, 9.17) is 10.5 Å². The molecule has 94 valence electrons. The molecule has 0 aliphatic rings. The largest absolute Gasteiger partial charge is 0.454 e. The van der Waals surface area contributed by atoms with Gasteiger partial charge in [-0.05, 0) is 35.9 Å². The lowest BCUT2D eigenvalue weighted by Crippen LogP contribution is -1.97. The molecule has 0 aliphatic heterocycles. The molecule has 2 aromatic carbocycles. The van der Waals surface area contributed by atoms with E-state index >= 15 is 0 Å². The number of nitrogens with two attached hydrogens (primary N) is 1. The van der Waals surface area contributed by atoms with Gasteiger partial charge in [0, 0.05) is 15.5 Å². The minimum absolute atomic E-state index is 0.178. The summed E-state index contributed by atoms with van der Waals surface area (Å²) >= 11 is 6.67. The minimum Gasteiger partial charge on any atom is -0.454 e. The molecule has 5 heteroatoms. The first-order valence-electron chi connectivity index (χ1n) is 5.21. The van der Waals surface area contributed by atoms with Crippen LogP contribution in [0, 0.1) is 5.82 Å². The molecule has 2 rings (SSSR count). The number of benzene rings is 2. The molecule has 0 radical (unpaired) electrons. The Hall–Kier alpha value is -0.910. The summed E-state index contributed by atoms with van der Waals surface area (Å²) in [6.45, 7) is 0.437. The van der Waals surface area contributed by atoms with Gasteiger partial charge in [0.15, 0.2) is 11.6 Å². The van der Waals surface area contributed by atoms with Crippen LogP contribution >= 0.6 is 31.9 Å². The first-order valence-corrected chi connectivity index (χ1v) is 6.80. The van der Waals surface area contributed by atoms with Crippen molar-refractivity contribution in [2.75, 3.05) is 0 Å². The van der Waals surface area contributed by atoms with Gasteiger partial charge in [-0.3, -0.25) is 0 Å². The van der Waals surface area contributed by atoms with Gasteiger partial charge in [-0.25, -0.2) is 4.39 Å². The number of hydrogen-bond acceptors (Lipinski definition) is 2. The highest BCUT2D eigenvalue weighted by atomic mass is 79.9. The van der Waals surface area contributed by atoms with Crippen molar-refractivity contribution in [3.8, 4) is 11.5 Å². The van der Waals surface area contributed by atoms with E-state index in [1.165, 1.54) is 6.07 Å². The van der Waals surface area contributed by atoms with Crippen LogP contribution in [0.4, 0.5) is 4.39 Å². The van der Waals surface area contributed by atoms with Crippen molar-refractivity contribution in [2.24, 2.45) is 5.73 Å². The molecule has 2 aromatic rings. The molecule has 0 saturated carbocycles. The second-order valence-electron chi connectivity index (χ2n) is 3.63. The van der Waals surface area contributed by atoms with Gasteiger partial charge in [0.1, 0.15) is 5.75 Å². The highest BCUT2D eigenvalue weighted by Crippen LogP contribution is 2.30. The quantitative estimate of drug-likeness (QED) is 0.851. The summed E-state index contributed by atoms with van der Waals surface area (Å²) in [6.07, 6.45) is 0. The van der Waals surface area contributed by atoms with Crippen LogP contribution in [0.15, 0.2) is 45.3 Å². The van der Waals surface area contributed by atoms with Gasteiger partial charge >= 0.3 is 0 Å². The van der Waals surface area contributed by atoms with Crippen molar-refractivity contribution >= 4 is 31.9 Å². The van der Waals surface area contributed by atoms with E-state index in [0.717, 1.165) is 14.5 Å². The molecule has 0 bridgehead atoms. The fraction of sp³-hybridized carbons (Fsp3) is 0.0769. The molecule has 18 heavy (non-hydrogen) atoms. The maximum atomic E-state index is 13.5. The van der Waals surface area contributed by atoms with E-state index in [0.29, 0.717) is 12.3 Å². The lowest BCUT2D eigenvalue weighted by molar-refractivity contribution is 0.441. The Morgan fingerprint density at radius 1 is 1.11 bits per heavy atom. The van der Waals surface area contributed by atoms with Gasteiger partial charge in [-0.2, -0.15) is 0 Å². The molecule has 2 nitrogen and oxygen atoms in total. The summed E-state index contributed by atoms with van der Waals surface area (Å²) in [4.78, 5) is 0. The first-order chi connectivity index (χ1) is 8.60. The Balaban J connectivity index is 2.28. The average molecular weight is 375 g/mol. The van der Waals surface area contributed by atoms with Crippen molar-refractivity contribution in [2.45, 2.75) is 6.54 Å². The molecule has 0 spiro atoms. The molecule has 0 unspecified atom stereocenters. The molecule has 0 saturated heterocycles. The third-order valence-corrected chi connectivity index (χ3v) is 3.60. The fourth-order valence-electron chi connectivity index (χ4n) is 1.44. The summed E-state index contributed by atoms with van der Waals surface area (Å²) in [5.41, 5.74) is 6.53. The van der Waals surface area contributed by atoms with Crippen LogP contribution in [0.25, 0.3) is 0 Å². The Morgan fingerprint density at radius 2 is 1.89 bits per heavy atom. The number of rotatable bonds is 3. The van der Waals surface area contributed by atoms with Gasteiger partial charge in [0.05, 0.1) is 0 Å². The summed E-state index contributed by atoms with van der Waals surface area (Å²) < 4.78 is 20.6. The summed E-state index contributed by atoms with van der Waals surface area (Å²) in [5, 5.41) is 0. The predicted molar refractivity (Wildman–Crippen MR) is 76.2 cm³/mol. The third-order valence-electron chi connectivity index (χ3n) is 2.37. The maximum absolute atomic E-state index is 13.5. The van der Waals surface area contributed by atoms with E-state index in [2.05, 4.69) is 31.9 Å². The van der Waals surface area contributed by atoms with Crippen LogP contribution in [-0.4, -0.2) is 0 Å². The standard InChI is InChI=1S/C13H10Br2FNO/c14-9-2-4-12(16)13(5-9)18-10-3-1-8(7-17)11(15)6-10/h1-6H,7,17H2. The Kier molecular flexibility index (Phi) is 4.37. The van der Waals surface area contributed by atoms with E-state index in [1.54, 1.807) is 24.3 Å². The molecule has 0 aromatic heterocycles. The molecule has 2 N–H and O–H groups in total. The first kappa shape index (κ1) is 13.5. The maximum Gasteiger partial charge on any atom is 0.165 e. The zero-order chi connectivity index (χ0) is 13.1.